The molecule has 1 aromatic rings. The summed E-state index contributed by atoms with van der Waals surface area (Å²) < 4.78 is 0. The van der Waals surface area contributed by atoms with E-state index in [1.165, 1.54) is 12.8 Å². The smallest absolute Gasteiger partial charge is 0.317 e. The number of hydrogen-bond donors (Lipinski definition) is 2. The molecule has 0 radical (unpaired) electrons. The Balaban J connectivity index is 1.41. The fourth-order valence-corrected chi connectivity index (χ4v) is 5.30. The van der Waals surface area contributed by atoms with E-state index in [1.54, 1.807) is 11.3 Å². The van der Waals surface area contributed by atoms with Crippen LogP contribution in [0.2, 0.25) is 0 Å². The van der Waals surface area contributed by atoms with Gasteiger partial charge in [0.2, 0.25) is 5.91 Å². The number of piperazine rings is 1. The molecule has 0 aromatic carbocycles. The summed E-state index contributed by atoms with van der Waals surface area (Å²) in [7, 11) is 0. The minimum Gasteiger partial charge on any atom is -0.353 e. The van der Waals surface area contributed by atoms with Gasteiger partial charge in [0.25, 0.3) is 0 Å². The number of rotatable bonds is 3. The Bertz CT molecular complexity index is 692. The van der Waals surface area contributed by atoms with E-state index in [9.17, 15) is 9.59 Å². The second-order valence-corrected chi connectivity index (χ2v) is 9.05. The average Bonchev–Trinajstić information content (AvgIpc) is 3.31. The van der Waals surface area contributed by atoms with Gasteiger partial charge >= 0.3 is 6.03 Å². The van der Waals surface area contributed by atoms with Crippen molar-refractivity contribution in [3.63, 3.8) is 0 Å². The number of nitrogens with zero attached hydrogens (tertiary/aromatic N) is 3. The maximum atomic E-state index is 12.8. The van der Waals surface area contributed by atoms with Crippen molar-refractivity contribution in [2.45, 2.75) is 63.6 Å². The van der Waals surface area contributed by atoms with E-state index in [4.69, 9.17) is 0 Å². The molecule has 2 saturated heterocycles. The molecule has 2 aliphatic heterocycles. The van der Waals surface area contributed by atoms with E-state index < -0.39 is 5.54 Å². The third kappa shape index (κ3) is 3.82. The van der Waals surface area contributed by atoms with Crippen molar-refractivity contribution in [1.29, 1.82) is 0 Å². The van der Waals surface area contributed by atoms with Gasteiger partial charge in [-0.3, -0.25) is 9.69 Å². The predicted octanol–water partition coefficient (Wildman–Crippen LogP) is 1.87. The van der Waals surface area contributed by atoms with Gasteiger partial charge in [-0.2, -0.15) is 0 Å². The number of likely N-dealkylation sites (tertiary alicyclic amines) is 1. The van der Waals surface area contributed by atoms with Crippen LogP contribution < -0.4 is 10.6 Å². The van der Waals surface area contributed by atoms with Crippen molar-refractivity contribution in [3.8, 4) is 0 Å². The van der Waals surface area contributed by atoms with Crippen LogP contribution in [0.25, 0.3) is 0 Å². The third-order valence-corrected chi connectivity index (χ3v) is 7.10. The Morgan fingerprint density at radius 2 is 2.07 bits per heavy atom. The van der Waals surface area contributed by atoms with Crippen LogP contribution in [0.3, 0.4) is 0 Å². The average molecular weight is 392 g/mol. The van der Waals surface area contributed by atoms with E-state index in [2.05, 4.69) is 25.9 Å². The quantitative estimate of drug-likeness (QED) is 0.825. The maximum absolute atomic E-state index is 12.8. The van der Waals surface area contributed by atoms with Crippen LogP contribution in [0.5, 0.6) is 0 Å². The first-order valence-electron chi connectivity index (χ1n) is 10.1. The van der Waals surface area contributed by atoms with Crippen LogP contribution in [-0.4, -0.2) is 64.5 Å². The van der Waals surface area contributed by atoms with Gasteiger partial charge in [0, 0.05) is 44.1 Å². The first-order chi connectivity index (χ1) is 13.1. The summed E-state index contributed by atoms with van der Waals surface area (Å²) in [6, 6.07) is 0.366. The number of hydrogen-bond acceptors (Lipinski definition) is 5. The number of carbonyl (C=O) groups is 2. The van der Waals surface area contributed by atoms with Gasteiger partial charge in [-0.05, 0) is 32.6 Å². The van der Waals surface area contributed by atoms with Crippen LogP contribution in [0.4, 0.5) is 4.79 Å². The number of urea groups is 1. The van der Waals surface area contributed by atoms with Gasteiger partial charge in [0.05, 0.1) is 10.7 Å². The monoisotopic (exact) mass is 391 g/mol. The van der Waals surface area contributed by atoms with Gasteiger partial charge < -0.3 is 15.5 Å². The Morgan fingerprint density at radius 3 is 2.74 bits per heavy atom. The lowest BCUT2D eigenvalue weighted by atomic mass is 9.83. The summed E-state index contributed by atoms with van der Waals surface area (Å²) in [5.41, 5.74) is 0.521. The van der Waals surface area contributed by atoms with Gasteiger partial charge in [-0.1, -0.05) is 12.8 Å². The molecule has 0 atom stereocenters. The lowest BCUT2D eigenvalue weighted by Gasteiger charge is -2.49. The van der Waals surface area contributed by atoms with Crippen molar-refractivity contribution in [3.05, 3.63) is 16.1 Å². The lowest BCUT2D eigenvalue weighted by molar-refractivity contribution is -0.141. The maximum Gasteiger partial charge on any atom is 0.317 e. The van der Waals surface area contributed by atoms with Crippen LogP contribution in [0.1, 0.15) is 49.2 Å². The van der Waals surface area contributed by atoms with Gasteiger partial charge in [0.15, 0.2) is 0 Å². The summed E-state index contributed by atoms with van der Waals surface area (Å²) in [6.45, 7) is 5.46. The highest BCUT2D eigenvalue weighted by Crippen LogP contribution is 2.33. The third-order valence-electron chi connectivity index (χ3n) is 6.28. The zero-order valence-corrected chi connectivity index (χ0v) is 16.8. The highest BCUT2D eigenvalue weighted by Gasteiger charge is 2.48. The van der Waals surface area contributed by atoms with E-state index in [0.717, 1.165) is 30.1 Å². The van der Waals surface area contributed by atoms with E-state index >= 15 is 0 Å². The first kappa shape index (κ1) is 18.7. The molecule has 1 aliphatic carbocycles. The number of aryl methyl sites for hydroxylation is 1. The van der Waals surface area contributed by atoms with E-state index in [-0.39, 0.29) is 11.9 Å². The molecule has 148 valence electrons. The number of carbonyl (C=O) groups excluding carboxylic acids is 2. The zero-order chi connectivity index (χ0) is 18.9. The molecule has 27 heavy (non-hydrogen) atoms. The summed E-state index contributed by atoms with van der Waals surface area (Å²) in [6.07, 6.45) is 5.96. The van der Waals surface area contributed by atoms with Crippen molar-refractivity contribution >= 4 is 23.3 Å². The fraction of sp³-hybridized carbons (Fsp3) is 0.737. The highest BCUT2D eigenvalue weighted by atomic mass is 32.1. The van der Waals surface area contributed by atoms with Crippen LogP contribution in [0, 0.1) is 6.92 Å². The van der Waals surface area contributed by atoms with Crippen molar-refractivity contribution in [2.75, 3.05) is 26.2 Å². The molecule has 3 heterocycles. The predicted molar refractivity (Wildman–Crippen MR) is 105 cm³/mol. The molecule has 7 nitrogen and oxygen atoms in total. The summed E-state index contributed by atoms with van der Waals surface area (Å²) in [5.74, 6) is 0.108. The molecule has 3 amide bonds. The Morgan fingerprint density at radius 1 is 1.33 bits per heavy atom. The summed E-state index contributed by atoms with van der Waals surface area (Å²) in [4.78, 5) is 34.2. The normalized spacial score (nSPS) is 23.6. The minimum atomic E-state index is -0.514. The van der Waals surface area contributed by atoms with Crippen molar-refractivity contribution in [1.82, 2.24) is 25.4 Å². The van der Waals surface area contributed by atoms with Crippen molar-refractivity contribution in [2.24, 2.45) is 0 Å². The lowest BCUT2D eigenvalue weighted by Crippen LogP contribution is -2.68. The second-order valence-electron chi connectivity index (χ2n) is 7.98. The number of nitrogens with one attached hydrogen (secondary N) is 2. The summed E-state index contributed by atoms with van der Waals surface area (Å²) in [5, 5.41) is 9.36. The SMILES string of the molecule is Cc1nc(CN2CCNC(=O)C23CCN(C(=O)NC2CCCC2)CC3)cs1. The molecule has 0 bridgehead atoms. The molecular weight excluding hydrogens is 362 g/mol. The topological polar surface area (TPSA) is 77.6 Å². The Kier molecular flexibility index (Phi) is 5.36. The zero-order valence-electron chi connectivity index (χ0n) is 16.0. The van der Waals surface area contributed by atoms with Gasteiger partial charge in [-0.15, -0.1) is 11.3 Å². The molecule has 2 N–H and O–H groups in total. The first-order valence-corrected chi connectivity index (χ1v) is 10.9. The standard InChI is InChI=1S/C19H29N5O2S/c1-14-21-16(13-27-14)12-24-11-8-20-17(25)19(24)6-9-23(10-7-19)18(26)22-15-4-2-3-5-15/h13,15H,2-12H2,1H3,(H,20,25)(H,22,26). The molecule has 1 spiro atoms. The number of aromatic nitrogens is 1. The molecular formula is C19H29N5O2S. The largest absolute Gasteiger partial charge is 0.353 e. The van der Waals surface area contributed by atoms with Gasteiger partial charge in [0.1, 0.15) is 5.54 Å². The molecule has 8 heteroatoms. The van der Waals surface area contributed by atoms with Crippen molar-refractivity contribution < 1.29 is 9.59 Å². The fourth-order valence-electron chi connectivity index (χ4n) is 4.69. The summed E-state index contributed by atoms with van der Waals surface area (Å²) >= 11 is 1.65. The molecule has 1 saturated carbocycles. The molecule has 0 unspecified atom stereocenters. The molecule has 1 aromatic heterocycles. The Hall–Kier alpha value is -1.67. The number of piperidine rings is 1. The highest BCUT2D eigenvalue weighted by molar-refractivity contribution is 7.09. The molecule has 4 rings (SSSR count). The Labute approximate surface area is 164 Å². The second kappa shape index (κ2) is 7.75. The molecule has 3 aliphatic rings. The van der Waals surface area contributed by atoms with Gasteiger partial charge in [-0.25, -0.2) is 9.78 Å². The minimum absolute atomic E-state index is 0.0367. The van der Waals surface area contributed by atoms with E-state index in [0.29, 0.717) is 45.1 Å². The number of amides is 3. The molecule has 3 fully saturated rings. The number of thiazole rings is 1. The van der Waals surface area contributed by atoms with Crippen LogP contribution >= 0.6 is 11.3 Å². The van der Waals surface area contributed by atoms with Crippen LogP contribution in [-0.2, 0) is 11.3 Å². The van der Waals surface area contributed by atoms with E-state index in [1.807, 2.05) is 11.8 Å². The van der Waals surface area contributed by atoms with Crippen LogP contribution in [0.15, 0.2) is 5.38 Å².